The Morgan fingerprint density at radius 3 is 2.60 bits per heavy atom. The highest BCUT2D eigenvalue weighted by Crippen LogP contribution is 2.16. The molecule has 0 radical (unpaired) electrons. The van der Waals surface area contributed by atoms with Gasteiger partial charge in [-0.3, -0.25) is 4.79 Å². The van der Waals surface area contributed by atoms with Crippen LogP contribution in [-0.2, 0) is 4.79 Å². The number of carbonyl (C=O) groups excluding carboxylic acids is 1. The second kappa shape index (κ2) is 7.53. The van der Waals surface area contributed by atoms with Crippen molar-refractivity contribution in [3.05, 3.63) is 30.3 Å². The maximum atomic E-state index is 11.7. The number of benzene rings is 1. The summed E-state index contributed by atoms with van der Waals surface area (Å²) in [5.41, 5.74) is 6.58. The third-order valence-corrected chi connectivity index (χ3v) is 3.41. The molecule has 0 aromatic heterocycles. The SMILES string of the molecule is NC(=NCC(=O)Nc1ccccc1)NC1CCCCC1. The summed E-state index contributed by atoms with van der Waals surface area (Å²) in [4.78, 5) is 15.8. The average molecular weight is 274 g/mol. The van der Waals surface area contributed by atoms with Gasteiger partial charge >= 0.3 is 0 Å². The van der Waals surface area contributed by atoms with E-state index in [1.807, 2.05) is 30.3 Å². The van der Waals surface area contributed by atoms with Gasteiger partial charge in [-0.2, -0.15) is 0 Å². The quantitative estimate of drug-likeness (QED) is 0.579. The summed E-state index contributed by atoms with van der Waals surface area (Å²) < 4.78 is 0. The zero-order valence-electron chi connectivity index (χ0n) is 11.6. The monoisotopic (exact) mass is 274 g/mol. The molecule has 108 valence electrons. The normalized spacial score (nSPS) is 16.7. The van der Waals surface area contributed by atoms with Crippen molar-refractivity contribution in [2.24, 2.45) is 10.7 Å². The third kappa shape index (κ3) is 4.91. The molecule has 1 aliphatic rings. The van der Waals surface area contributed by atoms with Crippen LogP contribution in [0.3, 0.4) is 0 Å². The lowest BCUT2D eigenvalue weighted by Crippen LogP contribution is -2.41. The summed E-state index contributed by atoms with van der Waals surface area (Å²) in [5.74, 6) is 0.199. The Morgan fingerprint density at radius 2 is 1.90 bits per heavy atom. The van der Waals surface area contributed by atoms with E-state index >= 15 is 0 Å². The Bertz CT molecular complexity index is 452. The van der Waals surface area contributed by atoms with Crippen LogP contribution in [0.2, 0.25) is 0 Å². The molecular formula is C15H22N4O. The van der Waals surface area contributed by atoms with E-state index in [-0.39, 0.29) is 12.5 Å². The first-order valence-corrected chi connectivity index (χ1v) is 7.15. The molecular weight excluding hydrogens is 252 g/mol. The lowest BCUT2D eigenvalue weighted by Gasteiger charge is -2.23. The molecule has 0 bridgehead atoms. The highest BCUT2D eigenvalue weighted by atomic mass is 16.1. The van der Waals surface area contributed by atoms with E-state index in [4.69, 9.17) is 5.73 Å². The highest BCUT2D eigenvalue weighted by Gasteiger charge is 2.13. The number of nitrogens with zero attached hydrogens (tertiary/aromatic N) is 1. The number of amides is 1. The number of nitrogens with two attached hydrogens (primary N) is 1. The minimum atomic E-state index is -0.162. The average Bonchev–Trinajstić information content (AvgIpc) is 2.47. The fourth-order valence-electron chi connectivity index (χ4n) is 2.38. The predicted octanol–water partition coefficient (Wildman–Crippen LogP) is 1.86. The molecule has 0 spiro atoms. The number of anilines is 1. The smallest absolute Gasteiger partial charge is 0.246 e. The Kier molecular flexibility index (Phi) is 5.41. The number of hydrogen-bond donors (Lipinski definition) is 3. The lowest BCUT2D eigenvalue weighted by atomic mass is 9.96. The van der Waals surface area contributed by atoms with Gasteiger partial charge in [-0.1, -0.05) is 37.5 Å². The molecule has 0 unspecified atom stereocenters. The molecule has 4 N–H and O–H groups in total. The standard InChI is InChI=1S/C15H22N4O/c16-15(19-13-9-5-2-6-10-13)17-11-14(20)18-12-7-3-1-4-8-12/h1,3-4,7-8,13H,2,5-6,9-11H2,(H,18,20)(H3,16,17,19). The van der Waals surface area contributed by atoms with Crippen LogP contribution in [0.4, 0.5) is 5.69 Å². The van der Waals surface area contributed by atoms with Gasteiger partial charge in [0.05, 0.1) is 0 Å². The molecule has 5 nitrogen and oxygen atoms in total. The van der Waals surface area contributed by atoms with Crippen molar-refractivity contribution in [2.75, 3.05) is 11.9 Å². The summed E-state index contributed by atoms with van der Waals surface area (Å²) >= 11 is 0. The summed E-state index contributed by atoms with van der Waals surface area (Å²) in [7, 11) is 0. The summed E-state index contributed by atoms with van der Waals surface area (Å²) in [6, 6.07) is 9.73. The maximum absolute atomic E-state index is 11.7. The van der Waals surface area contributed by atoms with Crippen molar-refractivity contribution < 1.29 is 4.79 Å². The summed E-state index contributed by atoms with van der Waals surface area (Å²) in [5, 5.41) is 5.96. The van der Waals surface area contributed by atoms with Crippen molar-refractivity contribution in [3.63, 3.8) is 0 Å². The first kappa shape index (κ1) is 14.4. The van der Waals surface area contributed by atoms with Crippen LogP contribution >= 0.6 is 0 Å². The van der Waals surface area contributed by atoms with Crippen LogP contribution in [0.1, 0.15) is 32.1 Å². The molecule has 0 aliphatic heterocycles. The van der Waals surface area contributed by atoms with E-state index in [1.165, 1.54) is 19.3 Å². The van der Waals surface area contributed by atoms with Crippen LogP contribution < -0.4 is 16.4 Å². The van der Waals surface area contributed by atoms with Crippen molar-refractivity contribution in [1.82, 2.24) is 5.32 Å². The number of para-hydroxylation sites is 1. The van der Waals surface area contributed by atoms with E-state index in [2.05, 4.69) is 15.6 Å². The number of guanidine groups is 1. The Balaban J connectivity index is 1.74. The number of rotatable bonds is 4. The maximum Gasteiger partial charge on any atom is 0.246 e. The van der Waals surface area contributed by atoms with Crippen LogP contribution in [0.25, 0.3) is 0 Å². The van der Waals surface area contributed by atoms with Crippen molar-refractivity contribution in [1.29, 1.82) is 0 Å². The van der Waals surface area contributed by atoms with Gasteiger partial charge in [-0.05, 0) is 25.0 Å². The van der Waals surface area contributed by atoms with Gasteiger partial charge in [0.25, 0.3) is 0 Å². The van der Waals surface area contributed by atoms with Gasteiger partial charge in [0.2, 0.25) is 5.91 Å². The van der Waals surface area contributed by atoms with Gasteiger partial charge < -0.3 is 16.4 Å². The van der Waals surface area contributed by atoms with Crippen LogP contribution in [-0.4, -0.2) is 24.5 Å². The van der Waals surface area contributed by atoms with E-state index in [0.29, 0.717) is 12.0 Å². The molecule has 1 aromatic rings. The van der Waals surface area contributed by atoms with Crippen molar-refractivity contribution >= 4 is 17.6 Å². The molecule has 1 fully saturated rings. The van der Waals surface area contributed by atoms with Gasteiger partial charge in [0.1, 0.15) is 6.54 Å². The number of carbonyl (C=O) groups is 1. The third-order valence-electron chi connectivity index (χ3n) is 3.41. The molecule has 5 heteroatoms. The zero-order chi connectivity index (χ0) is 14.2. The topological polar surface area (TPSA) is 79.5 Å². The minimum Gasteiger partial charge on any atom is -0.370 e. The second-order valence-corrected chi connectivity index (χ2v) is 5.09. The minimum absolute atomic E-state index is 0.0421. The van der Waals surface area contributed by atoms with Crippen LogP contribution in [0.5, 0.6) is 0 Å². The molecule has 2 rings (SSSR count). The van der Waals surface area contributed by atoms with E-state index in [1.54, 1.807) is 0 Å². The zero-order valence-corrected chi connectivity index (χ0v) is 11.6. The van der Waals surface area contributed by atoms with Crippen LogP contribution in [0, 0.1) is 0 Å². The fraction of sp³-hybridized carbons (Fsp3) is 0.467. The molecule has 0 saturated heterocycles. The fourth-order valence-corrected chi connectivity index (χ4v) is 2.38. The predicted molar refractivity (Wildman–Crippen MR) is 81.6 cm³/mol. The van der Waals surface area contributed by atoms with Gasteiger partial charge in [0.15, 0.2) is 5.96 Å². The summed E-state index contributed by atoms with van der Waals surface area (Å²) in [6.07, 6.45) is 6.03. The molecule has 1 aromatic carbocycles. The number of aliphatic imine (C=N–C) groups is 1. The van der Waals surface area contributed by atoms with E-state index < -0.39 is 0 Å². The molecule has 0 atom stereocenters. The number of nitrogens with one attached hydrogen (secondary N) is 2. The molecule has 0 heterocycles. The second-order valence-electron chi connectivity index (χ2n) is 5.09. The summed E-state index contributed by atoms with van der Waals surface area (Å²) in [6.45, 7) is 0.0421. The van der Waals surface area contributed by atoms with Crippen molar-refractivity contribution in [2.45, 2.75) is 38.1 Å². The molecule has 1 amide bonds. The first-order valence-electron chi connectivity index (χ1n) is 7.15. The molecule has 1 saturated carbocycles. The lowest BCUT2D eigenvalue weighted by molar-refractivity contribution is -0.114. The molecule has 20 heavy (non-hydrogen) atoms. The Morgan fingerprint density at radius 1 is 1.20 bits per heavy atom. The largest absolute Gasteiger partial charge is 0.370 e. The highest BCUT2D eigenvalue weighted by molar-refractivity contribution is 5.93. The van der Waals surface area contributed by atoms with Gasteiger partial charge in [-0.25, -0.2) is 4.99 Å². The van der Waals surface area contributed by atoms with E-state index in [9.17, 15) is 4.79 Å². The van der Waals surface area contributed by atoms with Gasteiger partial charge in [-0.15, -0.1) is 0 Å². The van der Waals surface area contributed by atoms with Gasteiger partial charge in [0, 0.05) is 11.7 Å². The Hall–Kier alpha value is -2.04. The Labute approximate surface area is 119 Å². The first-order chi connectivity index (χ1) is 9.74. The van der Waals surface area contributed by atoms with E-state index in [0.717, 1.165) is 18.5 Å². The van der Waals surface area contributed by atoms with Crippen molar-refractivity contribution in [3.8, 4) is 0 Å². The molecule has 1 aliphatic carbocycles. The number of hydrogen-bond acceptors (Lipinski definition) is 2. The van der Waals surface area contributed by atoms with Crippen LogP contribution in [0.15, 0.2) is 35.3 Å².